The summed E-state index contributed by atoms with van der Waals surface area (Å²) < 4.78 is 42.1. The number of nitrogens with zero attached hydrogens (tertiary/aromatic N) is 2. The maximum absolute atomic E-state index is 12.6. The lowest BCUT2D eigenvalue weighted by atomic mass is 10.1. The fraction of sp³-hybridized carbons (Fsp3) is 0.167. The Balaban J connectivity index is 2.73. The van der Waals surface area contributed by atoms with Gasteiger partial charge in [-0.15, -0.1) is 0 Å². The lowest BCUT2D eigenvalue weighted by molar-refractivity contribution is -0.385. The number of carbonyl (C=O) groups excluding carboxylic acids is 1. The number of nitro groups is 1. The second kappa shape index (κ2) is 5.00. The van der Waals surface area contributed by atoms with E-state index in [1.54, 1.807) is 0 Å². The molecule has 0 unspecified atom stereocenters. The number of halogens is 3. The predicted molar refractivity (Wildman–Crippen MR) is 64.7 cm³/mol. The van der Waals surface area contributed by atoms with Crippen molar-refractivity contribution < 1.29 is 27.6 Å². The summed E-state index contributed by atoms with van der Waals surface area (Å²) in [7, 11) is 1.01. The lowest BCUT2D eigenvalue weighted by Crippen LogP contribution is -2.09. The van der Waals surface area contributed by atoms with Crippen LogP contribution in [0.5, 0.6) is 0 Å². The third-order valence-corrected chi connectivity index (χ3v) is 2.70. The van der Waals surface area contributed by atoms with Crippen molar-refractivity contribution >= 4 is 22.6 Å². The van der Waals surface area contributed by atoms with E-state index in [4.69, 9.17) is 0 Å². The van der Waals surface area contributed by atoms with Gasteiger partial charge in [0.2, 0.25) is 0 Å². The van der Waals surface area contributed by atoms with Crippen LogP contribution in [-0.4, -0.2) is 23.0 Å². The Kier molecular flexibility index (Phi) is 3.50. The van der Waals surface area contributed by atoms with Crippen LogP contribution in [0.2, 0.25) is 0 Å². The van der Waals surface area contributed by atoms with E-state index in [-0.39, 0.29) is 10.9 Å². The van der Waals surface area contributed by atoms with Crippen LogP contribution in [-0.2, 0) is 10.9 Å². The SMILES string of the molecule is COC(=O)c1cc2nc(C(F)(F)F)ccc2cc1[N+](=O)[O-]. The fourth-order valence-corrected chi connectivity index (χ4v) is 1.74. The molecule has 9 heteroatoms. The van der Waals surface area contributed by atoms with Crippen molar-refractivity contribution in [2.75, 3.05) is 7.11 Å². The highest BCUT2D eigenvalue weighted by atomic mass is 19.4. The van der Waals surface area contributed by atoms with Gasteiger partial charge in [-0.2, -0.15) is 13.2 Å². The average molecular weight is 300 g/mol. The van der Waals surface area contributed by atoms with Crippen LogP contribution in [0.15, 0.2) is 24.3 Å². The number of ether oxygens (including phenoxy) is 1. The molecule has 0 aliphatic rings. The van der Waals surface area contributed by atoms with Gasteiger partial charge in [-0.05, 0) is 12.1 Å². The maximum Gasteiger partial charge on any atom is 0.433 e. The number of aromatic nitrogens is 1. The molecule has 2 rings (SSSR count). The normalized spacial score (nSPS) is 11.4. The zero-order valence-electron chi connectivity index (χ0n) is 10.5. The minimum Gasteiger partial charge on any atom is -0.465 e. The quantitative estimate of drug-likeness (QED) is 0.484. The van der Waals surface area contributed by atoms with Crippen molar-refractivity contribution in [1.29, 1.82) is 0 Å². The van der Waals surface area contributed by atoms with E-state index in [2.05, 4.69) is 9.72 Å². The number of hydrogen-bond acceptors (Lipinski definition) is 5. The summed E-state index contributed by atoms with van der Waals surface area (Å²) in [4.78, 5) is 24.9. The first kappa shape index (κ1) is 14.7. The summed E-state index contributed by atoms with van der Waals surface area (Å²) in [6.45, 7) is 0. The summed E-state index contributed by atoms with van der Waals surface area (Å²) >= 11 is 0. The summed E-state index contributed by atoms with van der Waals surface area (Å²) in [5, 5.41) is 11.0. The Hall–Kier alpha value is -2.71. The molecule has 1 aromatic heterocycles. The Bertz CT molecular complexity index is 743. The first-order valence-corrected chi connectivity index (χ1v) is 5.48. The van der Waals surface area contributed by atoms with Crippen LogP contribution >= 0.6 is 0 Å². The highest BCUT2D eigenvalue weighted by molar-refractivity contribution is 5.99. The van der Waals surface area contributed by atoms with E-state index in [0.29, 0.717) is 6.07 Å². The topological polar surface area (TPSA) is 82.3 Å². The molecule has 0 aliphatic heterocycles. The third-order valence-electron chi connectivity index (χ3n) is 2.70. The standard InChI is InChI=1S/C12H7F3N2O4/c1-21-11(18)7-5-8-6(4-9(7)17(19)20)2-3-10(16-8)12(13,14)15/h2-5H,1H3. The minimum absolute atomic E-state index is 0.113. The van der Waals surface area contributed by atoms with Crippen LogP contribution < -0.4 is 0 Å². The second-order valence-corrected chi connectivity index (χ2v) is 4.01. The van der Waals surface area contributed by atoms with E-state index in [9.17, 15) is 28.1 Å². The summed E-state index contributed by atoms with van der Waals surface area (Å²) in [5.41, 5.74) is -2.35. The summed E-state index contributed by atoms with van der Waals surface area (Å²) in [6, 6.07) is 3.66. The molecule has 0 bridgehead atoms. The molecule has 1 aromatic carbocycles. The maximum atomic E-state index is 12.6. The average Bonchev–Trinajstić information content (AvgIpc) is 2.43. The van der Waals surface area contributed by atoms with E-state index in [0.717, 1.165) is 25.3 Å². The van der Waals surface area contributed by atoms with Gasteiger partial charge in [0.25, 0.3) is 5.69 Å². The van der Waals surface area contributed by atoms with Gasteiger partial charge in [-0.1, -0.05) is 6.07 Å². The van der Waals surface area contributed by atoms with Crippen molar-refractivity contribution in [3.63, 3.8) is 0 Å². The largest absolute Gasteiger partial charge is 0.465 e. The molecule has 0 radical (unpaired) electrons. The number of hydrogen-bond donors (Lipinski definition) is 0. The van der Waals surface area contributed by atoms with Gasteiger partial charge in [0.15, 0.2) is 0 Å². The summed E-state index contributed by atoms with van der Waals surface area (Å²) in [5.74, 6) is -1.03. The number of rotatable bonds is 2. The van der Waals surface area contributed by atoms with E-state index in [1.807, 2.05) is 0 Å². The van der Waals surface area contributed by atoms with Gasteiger partial charge in [0.05, 0.1) is 17.5 Å². The Morgan fingerprint density at radius 2 is 2.00 bits per heavy atom. The van der Waals surface area contributed by atoms with E-state index < -0.39 is 34.0 Å². The molecular weight excluding hydrogens is 293 g/mol. The van der Waals surface area contributed by atoms with E-state index in [1.165, 1.54) is 0 Å². The fourth-order valence-electron chi connectivity index (χ4n) is 1.74. The van der Waals surface area contributed by atoms with Gasteiger partial charge in [-0.25, -0.2) is 9.78 Å². The highest BCUT2D eigenvalue weighted by Gasteiger charge is 2.33. The lowest BCUT2D eigenvalue weighted by Gasteiger charge is -2.08. The van der Waals surface area contributed by atoms with E-state index >= 15 is 0 Å². The third kappa shape index (κ3) is 2.76. The molecule has 21 heavy (non-hydrogen) atoms. The molecule has 0 spiro atoms. The molecule has 0 fully saturated rings. The number of nitro benzene ring substituents is 1. The van der Waals surface area contributed by atoms with Gasteiger partial charge >= 0.3 is 12.1 Å². The van der Waals surface area contributed by atoms with Crippen molar-refractivity contribution in [3.05, 3.63) is 45.6 Å². The van der Waals surface area contributed by atoms with Gasteiger partial charge in [-0.3, -0.25) is 10.1 Å². The number of fused-ring (bicyclic) bond motifs is 1. The number of alkyl halides is 3. The molecule has 0 N–H and O–H groups in total. The Labute approximate surface area is 115 Å². The predicted octanol–water partition coefficient (Wildman–Crippen LogP) is 2.95. The molecule has 0 aliphatic carbocycles. The smallest absolute Gasteiger partial charge is 0.433 e. The number of benzene rings is 1. The van der Waals surface area contributed by atoms with Gasteiger partial charge in [0, 0.05) is 11.5 Å². The number of esters is 1. The molecule has 0 saturated heterocycles. The molecule has 0 amide bonds. The molecule has 1 heterocycles. The number of methoxy groups -OCH3 is 1. The Morgan fingerprint density at radius 1 is 1.33 bits per heavy atom. The van der Waals surface area contributed by atoms with Crippen LogP contribution in [0.25, 0.3) is 10.9 Å². The number of pyridine rings is 1. The van der Waals surface area contributed by atoms with Crippen molar-refractivity contribution in [1.82, 2.24) is 4.98 Å². The molecular formula is C12H7F3N2O4. The van der Waals surface area contributed by atoms with Crippen LogP contribution in [0.1, 0.15) is 16.1 Å². The van der Waals surface area contributed by atoms with Gasteiger partial charge < -0.3 is 4.74 Å². The summed E-state index contributed by atoms with van der Waals surface area (Å²) in [6.07, 6.45) is -4.65. The molecule has 2 aromatic rings. The Morgan fingerprint density at radius 3 is 2.52 bits per heavy atom. The zero-order valence-corrected chi connectivity index (χ0v) is 10.5. The highest BCUT2D eigenvalue weighted by Crippen LogP contribution is 2.31. The molecule has 110 valence electrons. The van der Waals surface area contributed by atoms with Gasteiger partial charge in [0.1, 0.15) is 11.3 Å². The van der Waals surface area contributed by atoms with Crippen LogP contribution in [0.3, 0.4) is 0 Å². The minimum atomic E-state index is -4.65. The monoisotopic (exact) mass is 300 g/mol. The first-order valence-electron chi connectivity index (χ1n) is 5.48. The van der Waals surface area contributed by atoms with Crippen LogP contribution in [0, 0.1) is 10.1 Å². The van der Waals surface area contributed by atoms with Crippen molar-refractivity contribution in [2.24, 2.45) is 0 Å². The van der Waals surface area contributed by atoms with Crippen molar-refractivity contribution in [2.45, 2.75) is 6.18 Å². The first-order chi connectivity index (χ1) is 9.74. The molecule has 6 nitrogen and oxygen atoms in total. The van der Waals surface area contributed by atoms with Crippen LogP contribution in [0.4, 0.5) is 18.9 Å². The molecule has 0 atom stereocenters. The molecule has 0 saturated carbocycles. The van der Waals surface area contributed by atoms with Crippen molar-refractivity contribution in [3.8, 4) is 0 Å². The number of carbonyl (C=O) groups is 1. The zero-order chi connectivity index (χ0) is 15.8. The second-order valence-electron chi connectivity index (χ2n) is 4.01.